The number of aliphatic hydroxyl groups excluding tert-OH is 1. The number of hydrogen-bond acceptors (Lipinski definition) is 12. The minimum absolute atomic E-state index is 0.0359. The van der Waals surface area contributed by atoms with Crippen LogP contribution in [0.4, 0.5) is 0 Å². The minimum atomic E-state index is -1.83. The summed E-state index contributed by atoms with van der Waals surface area (Å²) in [6.07, 6.45) is 14.4. The molecule has 0 amide bonds. The van der Waals surface area contributed by atoms with Crippen molar-refractivity contribution in [2.75, 3.05) is 13.7 Å². The largest absolute Gasteiger partial charge is 0.462 e. The molecule has 12 heteroatoms. The van der Waals surface area contributed by atoms with Gasteiger partial charge in [0.1, 0.15) is 35.5 Å². The van der Waals surface area contributed by atoms with Gasteiger partial charge in [-0.05, 0) is 75.0 Å². The Balaban J connectivity index is 1.25. The lowest BCUT2D eigenvalue weighted by Gasteiger charge is -2.51. The van der Waals surface area contributed by atoms with E-state index in [1.165, 1.54) is 19.3 Å². The first kappa shape index (κ1) is 40.8. The maximum Gasteiger partial charge on any atom is 0.316 e. The lowest BCUT2D eigenvalue weighted by molar-refractivity contribution is -0.342. The summed E-state index contributed by atoms with van der Waals surface area (Å²) in [5.74, 6) is -1.83. The van der Waals surface area contributed by atoms with E-state index in [2.05, 4.69) is 32.0 Å². The number of carbonyl (C=O) groups excluding carboxylic acids is 1. The van der Waals surface area contributed by atoms with E-state index in [1.54, 1.807) is 26.2 Å². The number of methoxy groups -OCH3 is 1. The number of hydrogen-bond donors (Lipinski definition) is 3. The van der Waals surface area contributed by atoms with Crippen LogP contribution in [0.2, 0.25) is 0 Å². The van der Waals surface area contributed by atoms with Gasteiger partial charge in [0, 0.05) is 38.7 Å². The molecule has 5 aliphatic heterocycles. The highest BCUT2D eigenvalue weighted by Gasteiger charge is 2.60. The summed E-state index contributed by atoms with van der Waals surface area (Å²) < 4.78 is 45.1. The monoisotopic (exact) mass is 769 g/mol. The first-order valence-corrected chi connectivity index (χ1v) is 20.7. The number of carbonyl (C=O) groups is 1. The van der Waals surface area contributed by atoms with Crippen molar-refractivity contribution in [3.8, 4) is 0 Å². The molecule has 7 aliphatic rings. The van der Waals surface area contributed by atoms with Gasteiger partial charge in [-0.1, -0.05) is 68.6 Å². The summed E-state index contributed by atoms with van der Waals surface area (Å²) in [6.45, 7) is 10.0. The molecule has 0 aromatic heterocycles. The zero-order chi connectivity index (χ0) is 39.1. The van der Waals surface area contributed by atoms with Crippen LogP contribution in [0.1, 0.15) is 105 Å². The fraction of sp³-hybridized carbons (Fsp3) is 0.767. The Morgan fingerprint density at radius 2 is 1.80 bits per heavy atom. The van der Waals surface area contributed by atoms with Gasteiger partial charge >= 0.3 is 5.97 Å². The Labute approximate surface area is 325 Å². The van der Waals surface area contributed by atoms with Crippen LogP contribution < -0.4 is 0 Å². The van der Waals surface area contributed by atoms with E-state index in [9.17, 15) is 20.2 Å². The van der Waals surface area contributed by atoms with Crippen molar-refractivity contribution in [2.24, 2.45) is 28.8 Å². The van der Waals surface area contributed by atoms with Crippen molar-refractivity contribution < 1.29 is 53.4 Å². The normalized spacial score (nSPS) is 47.9. The van der Waals surface area contributed by atoms with Gasteiger partial charge in [-0.15, -0.1) is 0 Å². The molecule has 1 saturated carbocycles. The molecule has 5 fully saturated rings. The second-order valence-corrected chi connectivity index (χ2v) is 17.4. The van der Waals surface area contributed by atoms with Gasteiger partial charge in [0.25, 0.3) is 0 Å². The molecule has 0 unspecified atom stereocenters. The molecular formula is C43H63NO11. The molecule has 306 valence electrons. The maximum absolute atomic E-state index is 14.4. The van der Waals surface area contributed by atoms with E-state index in [0.717, 1.165) is 24.8 Å². The van der Waals surface area contributed by atoms with Gasteiger partial charge in [-0.3, -0.25) is 4.79 Å². The van der Waals surface area contributed by atoms with Crippen molar-refractivity contribution in [1.29, 1.82) is 0 Å². The molecule has 14 atom stereocenters. The van der Waals surface area contributed by atoms with E-state index in [-0.39, 0.29) is 30.4 Å². The van der Waals surface area contributed by atoms with Gasteiger partial charge in [0.05, 0.1) is 37.1 Å². The maximum atomic E-state index is 14.4. The summed E-state index contributed by atoms with van der Waals surface area (Å²) in [6, 6.07) is 0. The number of fused-ring (bicyclic) bond motifs is 2. The van der Waals surface area contributed by atoms with Crippen LogP contribution in [0.15, 0.2) is 52.3 Å². The van der Waals surface area contributed by atoms with E-state index in [1.807, 2.05) is 19.1 Å². The van der Waals surface area contributed by atoms with Crippen LogP contribution in [-0.4, -0.2) is 107 Å². The lowest BCUT2D eigenvalue weighted by atomic mass is 9.71. The SMILES string of the molecule is CO[C@H]1C[C@H](O[C@@H]2/C(C)=C/C[C@@H]3C[C@@H](C[C@]4(CC[C@H](C)[C@@H](C5CCCCC5)O4)O3)OC(=O)[C@@H]3C=C(C)C(=NO)[C@H]4OC/C(=C/C=C\[C@@H]2C)[C@]43O)O[C@@H](C)[C@@H]1O. The molecule has 0 radical (unpaired) electrons. The molecule has 0 aromatic rings. The number of nitrogens with zero attached hydrogens (tertiary/aromatic N) is 1. The zero-order valence-electron chi connectivity index (χ0n) is 33.4. The molecule has 7 rings (SSSR count). The Kier molecular flexibility index (Phi) is 12.5. The lowest BCUT2D eigenvalue weighted by Crippen LogP contribution is -2.57. The first-order valence-electron chi connectivity index (χ1n) is 20.7. The Hall–Kier alpha value is -2.42. The van der Waals surface area contributed by atoms with Gasteiger partial charge in [0.2, 0.25) is 0 Å². The summed E-state index contributed by atoms with van der Waals surface area (Å²) in [5.41, 5.74) is 0.362. The van der Waals surface area contributed by atoms with Crippen molar-refractivity contribution in [1.82, 2.24) is 0 Å². The average molecular weight is 770 g/mol. The van der Waals surface area contributed by atoms with Crippen molar-refractivity contribution in [3.05, 3.63) is 47.1 Å². The van der Waals surface area contributed by atoms with Crippen LogP contribution in [-0.2, 0) is 38.0 Å². The van der Waals surface area contributed by atoms with Gasteiger partial charge in [0.15, 0.2) is 12.1 Å². The quantitative estimate of drug-likeness (QED) is 0.132. The highest BCUT2D eigenvalue weighted by molar-refractivity contribution is 6.06. The van der Waals surface area contributed by atoms with Crippen molar-refractivity contribution in [3.63, 3.8) is 0 Å². The third-order valence-electron chi connectivity index (χ3n) is 13.6. The van der Waals surface area contributed by atoms with E-state index in [4.69, 9.17) is 33.2 Å². The topological polar surface area (TPSA) is 155 Å². The molecule has 3 N–H and O–H groups in total. The zero-order valence-corrected chi connectivity index (χ0v) is 33.4. The first-order chi connectivity index (χ1) is 26.4. The van der Waals surface area contributed by atoms with E-state index >= 15 is 0 Å². The number of rotatable bonds is 4. The molecule has 0 aromatic carbocycles. The summed E-state index contributed by atoms with van der Waals surface area (Å²) in [7, 11) is 1.59. The van der Waals surface area contributed by atoms with E-state index in [0.29, 0.717) is 55.1 Å². The third kappa shape index (κ3) is 8.17. The molecule has 5 heterocycles. The highest BCUT2D eigenvalue weighted by Crippen LogP contribution is 2.48. The Bertz CT molecular complexity index is 1550. The summed E-state index contributed by atoms with van der Waals surface area (Å²) in [5, 5.41) is 36.7. The summed E-state index contributed by atoms with van der Waals surface area (Å²) >= 11 is 0. The average Bonchev–Trinajstić information content (AvgIpc) is 3.50. The van der Waals surface area contributed by atoms with Crippen LogP contribution in [0.25, 0.3) is 0 Å². The molecule has 12 nitrogen and oxygen atoms in total. The second kappa shape index (κ2) is 16.8. The fourth-order valence-corrected chi connectivity index (χ4v) is 10.4. The van der Waals surface area contributed by atoms with Gasteiger partial charge in [-0.2, -0.15) is 0 Å². The van der Waals surface area contributed by atoms with Crippen molar-refractivity contribution in [2.45, 2.75) is 172 Å². The van der Waals surface area contributed by atoms with Gasteiger partial charge < -0.3 is 48.6 Å². The Morgan fingerprint density at radius 1 is 1.02 bits per heavy atom. The minimum Gasteiger partial charge on any atom is -0.462 e. The molecular weight excluding hydrogens is 706 g/mol. The van der Waals surface area contributed by atoms with Crippen molar-refractivity contribution >= 4 is 11.7 Å². The van der Waals surface area contributed by atoms with Crippen LogP contribution >= 0.6 is 0 Å². The highest BCUT2D eigenvalue weighted by atomic mass is 16.7. The number of esters is 1. The molecule has 2 aliphatic carbocycles. The molecule has 2 bridgehead atoms. The third-order valence-corrected chi connectivity index (χ3v) is 13.6. The number of aliphatic hydroxyl groups is 2. The fourth-order valence-electron chi connectivity index (χ4n) is 10.4. The second-order valence-electron chi connectivity index (χ2n) is 17.4. The molecule has 55 heavy (non-hydrogen) atoms. The smallest absolute Gasteiger partial charge is 0.316 e. The van der Waals surface area contributed by atoms with Gasteiger partial charge in [-0.25, -0.2) is 0 Å². The molecule has 1 spiro atoms. The number of allylic oxidation sites excluding steroid dienone is 2. The Morgan fingerprint density at radius 3 is 2.55 bits per heavy atom. The van der Waals surface area contributed by atoms with Crippen LogP contribution in [0.5, 0.6) is 0 Å². The predicted octanol–water partition coefficient (Wildman–Crippen LogP) is 6.07. The van der Waals surface area contributed by atoms with Crippen LogP contribution in [0, 0.1) is 23.7 Å². The number of oxime groups is 1. The van der Waals surface area contributed by atoms with Crippen LogP contribution in [0.3, 0.4) is 0 Å². The predicted molar refractivity (Wildman–Crippen MR) is 203 cm³/mol. The number of ether oxygens (including phenoxy) is 7. The molecule has 4 saturated heterocycles. The summed E-state index contributed by atoms with van der Waals surface area (Å²) in [4.78, 5) is 14.4. The van der Waals surface area contributed by atoms with E-state index < -0.39 is 66.2 Å². The standard InChI is InChI=1S/C43H63NO11/c1-24-11-10-14-30-23-50-40-36(44-48)27(4)19-33(43(30,40)47)41(46)52-32-20-31(16-15-25(2)38(24)53-35-21-34(49-6)37(45)28(5)51-35)54-42(22-32)18-17-26(3)39(55-42)29-12-8-7-9-13-29/h10-11,14-15,19,24,26,28-29,31-35,37-40,45,47-48H,7-9,12-13,16-18,20-23H2,1-6H3/b11-10-,25-15+,30-14-,44-36?/t24-,26-,28-,31+,32-,33-,34-,35-,37-,38-,39-,40+,42+,43+/m0/s1.